The molecule has 0 unspecified atom stereocenters. The summed E-state index contributed by atoms with van der Waals surface area (Å²) in [5.74, 6) is 0.112. The lowest BCUT2D eigenvalue weighted by molar-refractivity contribution is 0.103. The molecule has 3 heteroatoms. The Morgan fingerprint density at radius 2 is 1.00 bits per heavy atom. The number of rotatable bonds is 4. The second-order valence-electron chi connectivity index (χ2n) is 7.53. The lowest BCUT2D eigenvalue weighted by atomic mass is 9.93. The molecule has 4 aromatic rings. The predicted octanol–water partition coefficient (Wildman–Crippen LogP) is 6.04. The van der Waals surface area contributed by atoms with E-state index < -0.39 is 7.80 Å². The Kier molecular flexibility index (Phi) is 7.76. The summed E-state index contributed by atoms with van der Waals surface area (Å²) in [7, 11) is -1.79. The van der Waals surface area contributed by atoms with Crippen molar-refractivity contribution in [2.45, 2.75) is 20.8 Å². The Labute approximate surface area is 185 Å². The van der Waals surface area contributed by atoms with Crippen LogP contribution in [0.15, 0.2) is 103 Å². The van der Waals surface area contributed by atoms with Gasteiger partial charge < -0.3 is 4.57 Å². The standard InChI is InChI=1S/C16H16O.C12H11OP/c1-11-9-12(2)15(13(3)10-11)16(17)14-7-5-4-6-8-14;13-14(11-7-3-1-4-8-11)12-9-5-2-6-10-12/h4-10H,1-3H3;1-10,14H. The first kappa shape index (κ1) is 22.5. The van der Waals surface area contributed by atoms with Gasteiger partial charge in [0.15, 0.2) is 5.78 Å². The van der Waals surface area contributed by atoms with Crippen LogP contribution >= 0.6 is 7.80 Å². The molecule has 0 amide bonds. The lowest BCUT2D eigenvalue weighted by Crippen LogP contribution is -2.06. The van der Waals surface area contributed by atoms with Crippen molar-refractivity contribution in [1.82, 2.24) is 0 Å². The minimum Gasteiger partial charge on any atom is -0.317 e. The molecule has 0 aromatic heterocycles. The van der Waals surface area contributed by atoms with E-state index in [0.717, 1.165) is 32.9 Å². The first-order valence-electron chi connectivity index (χ1n) is 10.3. The van der Waals surface area contributed by atoms with Gasteiger partial charge in [0.25, 0.3) is 0 Å². The highest BCUT2D eigenvalue weighted by Crippen LogP contribution is 2.20. The van der Waals surface area contributed by atoms with E-state index in [-0.39, 0.29) is 5.78 Å². The molecule has 4 rings (SSSR count). The summed E-state index contributed by atoms with van der Waals surface area (Å²) in [6, 6.07) is 32.7. The zero-order chi connectivity index (χ0) is 22.2. The van der Waals surface area contributed by atoms with Crippen LogP contribution < -0.4 is 10.6 Å². The van der Waals surface area contributed by atoms with Crippen LogP contribution in [0.3, 0.4) is 0 Å². The molecule has 0 heterocycles. The maximum atomic E-state index is 12.4. The third kappa shape index (κ3) is 5.90. The van der Waals surface area contributed by atoms with Gasteiger partial charge in [0.2, 0.25) is 0 Å². The molecule has 31 heavy (non-hydrogen) atoms. The highest BCUT2D eigenvalue weighted by Gasteiger charge is 2.14. The van der Waals surface area contributed by atoms with Crippen LogP contribution in [-0.2, 0) is 4.57 Å². The summed E-state index contributed by atoms with van der Waals surface area (Å²) in [6.07, 6.45) is 0. The van der Waals surface area contributed by atoms with Crippen LogP contribution in [-0.4, -0.2) is 5.78 Å². The van der Waals surface area contributed by atoms with Crippen molar-refractivity contribution in [1.29, 1.82) is 0 Å². The number of hydrogen-bond acceptors (Lipinski definition) is 2. The monoisotopic (exact) mass is 426 g/mol. The van der Waals surface area contributed by atoms with Gasteiger partial charge in [0.05, 0.1) is 0 Å². The zero-order valence-electron chi connectivity index (χ0n) is 18.1. The van der Waals surface area contributed by atoms with Crippen LogP contribution in [0.25, 0.3) is 0 Å². The number of ketones is 1. The first-order chi connectivity index (χ1) is 15.0. The van der Waals surface area contributed by atoms with E-state index in [1.165, 1.54) is 5.56 Å². The molecule has 0 aliphatic rings. The van der Waals surface area contributed by atoms with Gasteiger partial charge in [-0.3, -0.25) is 4.79 Å². The van der Waals surface area contributed by atoms with Crippen molar-refractivity contribution in [3.8, 4) is 0 Å². The van der Waals surface area contributed by atoms with E-state index in [1.807, 2.05) is 105 Å². The normalized spacial score (nSPS) is 10.3. The summed E-state index contributed by atoms with van der Waals surface area (Å²) in [5, 5.41) is 1.84. The Bertz CT molecular complexity index is 1100. The Morgan fingerprint density at radius 1 is 0.613 bits per heavy atom. The number of carbonyl (C=O) groups excluding carboxylic acids is 1. The number of carbonyl (C=O) groups is 1. The first-order valence-corrected chi connectivity index (χ1v) is 11.7. The molecule has 156 valence electrons. The maximum absolute atomic E-state index is 12.4. The van der Waals surface area contributed by atoms with Gasteiger partial charge >= 0.3 is 0 Å². The fourth-order valence-electron chi connectivity index (χ4n) is 3.62. The molecule has 0 aliphatic heterocycles. The van der Waals surface area contributed by atoms with Crippen molar-refractivity contribution < 1.29 is 9.36 Å². The summed E-state index contributed by atoms with van der Waals surface area (Å²) in [5.41, 5.74) is 4.89. The minimum atomic E-state index is -1.79. The summed E-state index contributed by atoms with van der Waals surface area (Å²) in [6.45, 7) is 6.04. The average Bonchev–Trinajstić information content (AvgIpc) is 2.80. The summed E-state index contributed by atoms with van der Waals surface area (Å²) in [4.78, 5) is 12.4. The molecule has 0 N–H and O–H groups in total. The Balaban J connectivity index is 0.000000179. The van der Waals surface area contributed by atoms with Crippen molar-refractivity contribution >= 4 is 24.2 Å². The molecule has 0 bridgehead atoms. The summed E-state index contributed by atoms with van der Waals surface area (Å²) < 4.78 is 12.0. The fourth-order valence-corrected chi connectivity index (χ4v) is 4.94. The fraction of sp³-hybridized carbons (Fsp3) is 0.107. The zero-order valence-corrected chi connectivity index (χ0v) is 19.1. The quantitative estimate of drug-likeness (QED) is 0.294. The molecule has 0 fully saturated rings. The molecule has 0 saturated carbocycles. The average molecular weight is 426 g/mol. The highest BCUT2D eigenvalue weighted by atomic mass is 31.1. The third-order valence-corrected chi connectivity index (χ3v) is 6.73. The molecule has 0 atom stereocenters. The van der Waals surface area contributed by atoms with Crippen LogP contribution in [0.4, 0.5) is 0 Å². The topological polar surface area (TPSA) is 34.1 Å². The molecule has 0 spiro atoms. The van der Waals surface area contributed by atoms with Gasteiger partial charge in [-0.2, -0.15) is 0 Å². The van der Waals surface area contributed by atoms with Crippen molar-refractivity contribution in [3.05, 3.63) is 131 Å². The SMILES string of the molecule is Cc1cc(C)c(C(=O)c2ccccc2)c(C)c1.O=[PH](c1ccccc1)c1ccccc1. The Hall–Kier alpha value is -3.22. The molecular formula is C28H27O2P. The van der Waals surface area contributed by atoms with Crippen molar-refractivity contribution in [2.75, 3.05) is 0 Å². The molecule has 2 nitrogen and oxygen atoms in total. The van der Waals surface area contributed by atoms with E-state index in [0.29, 0.717) is 0 Å². The van der Waals surface area contributed by atoms with Gasteiger partial charge in [-0.25, -0.2) is 0 Å². The van der Waals surface area contributed by atoms with Gasteiger partial charge in [-0.1, -0.05) is 109 Å². The number of aryl methyl sites for hydroxylation is 3. The largest absolute Gasteiger partial charge is 0.317 e. The van der Waals surface area contributed by atoms with E-state index >= 15 is 0 Å². The maximum Gasteiger partial charge on any atom is 0.193 e. The van der Waals surface area contributed by atoms with Crippen molar-refractivity contribution in [2.24, 2.45) is 0 Å². The second-order valence-corrected chi connectivity index (χ2v) is 9.34. The Morgan fingerprint density at radius 3 is 1.42 bits per heavy atom. The number of benzene rings is 4. The van der Waals surface area contributed by atoms with E-state index in [9.17, 15) is 9.36 Å². The second kappa shape index (κ2) is 10.7. The van der Waals surface area contributed by atoms with Crippen LogP contribution in [0, 0.1) is 20.8 Å². The van der Waals surface area contributed by atoms with Crippen LogP contribution in [0.2, 0.25) is 0 Å². The lowest BCUT2D eigenvalue weighted by Gasteiger charge is -2.10. The van der Waals surface area contributed by atoms with Crippen LogP contribution in [0.1, 0.15) is 32.6 Å². The van der Waals surface area contributed by atoms with Gasteiger partial charge in [-0.15, -0.1) is 0 Å². The molecule has 0 saturated heterocycles. The van der Waals surface area contributed by atoms with Crippen molar-refractivity contribution in [3.63, 3.8) is 0 Å². The molecule has 0 radical (unpaired) electrons. The van der Waals surface area contributed by atoms with E-state index in [4.69, 9.17) is 0 Å². The highest BCUT2D eigenvalue weighted by molar-refractivity contribution is 7.61. The van der Waals surface area contributed by atoms with E-state index in [2.05, 4.69) is 19.1 Å². The predicted molar refractivity (Wildman–Crippen MR) is 132 cm³/mol. The summed E-state index contributed by atoms with van der Waals surface area (Å²) >= 11 is 0. The number of hydrogen-bond donors (Lipinski definition) is 0. The van der Waals surface area contributed by atoms with Gasteiger partial charge in [0, 0.05) is 21.7 Å². The van der Waals surface area contributed by atoms with E-state index in [1.54, 1.807) is 0 Å². The van der Waals surface area contributed by atoms with Gasteiger partial charge in [-0.05, 0) is 31.9 Å². The third-order valence-electron chi connectivity index (χ3n) is 5.01. The molecule has 0 aliphatic carbocycles. The van der Waals surface area contributed by atoms with Crippen LogP contribution in [0.5, 0.6) is 0 Å². The minimum absolute atomic E-state index is 0.112. The van der Waals surface area contributed by atoms with Gasteiger partial charge in [0.1, 0.15) is 7.80 Å². The smallest absolute Gasteiger partial charge is 0.193 e. The molecular weight excluding hydrogens is 399 g/mol. The molecule has 4 aromatic carbocycles.